The molecule has 0 aromatic heterocycles. The SMILES string of the molecule is CCC(N)Cc1ccc(N2CCSC(C)(C)CC2)cc1Cl. The Morgan fingerprint density at radius 3 is 2.81 bits per heavy atom. The van der Waals surface area contributed by atoms with Crippen LogP contribution in [-0.2, 0) is 6.42 Å². The van der Waals surface area contributed by atoms with Crippen molar-refractivity contribution >= 4 is 29.1 Å². The second-order valence-corrected chi connectivity index (χ2v) is 8.70. The minimum atomic E-state index is 0.198. The third-order valence-electron chi connectivity index (χ3n) is 4.25. The number of nitrogens with zero attached hydrogens (tertiary/aromatic N) is 1. The van der Waals surface area contributed by atoms with E-state index in [0.29, 0.717) is 4.75 Å². The molecule has 21 heavy (non-hydrogen) atoms. The van der Waals surface area contributed by atoms with E-state index in [1.165, 1.54) is 23.4 Å². The topological polar surface area (TPSA) is 29.3 Å². The van der Waals surface area contributed by atoms with Gasteiger partial charge in [-0.1, -0.05) is 38.4 Å². The van der Waals surface area contributed by atoms with Gasteiger partial charge in [0.25, 0.3) is 0 Å². The highest BCUT2D eigenvalue weighted by Crippen LogP contribution is 2.33. The summed E-state index contributed by atoms with van der Waals surface area (Å²) in [4.78, 5) is 2.46. The van der Waals surface area contributed by atoms with Gasteiger partial charge >= 0.3 is 0 Å². The van der Waals surface area contributed by atoms with Gasteiger partial charge in [-0.2, -0.15) is 11.8 Å². The first-order valence-electron chi connectivity index (χ1n) is 7.84. The maximum absolute atomic E-state index is 6.46. The smallest absolute Gasteiger partial charge is 0.0459 e. The van der Waals surface area contributed by atoms with Crippen molar-refractivity contribution in [1.29, 1.82) is 0 Å². The summed E-state index contributed by atoms with van der Waals surface area (Å²) in [7, 11) is 0. The molecule has 1 atom stereocenters. The summed E-state index contributed by atoms with van der Waals surface area (Å²) in [5.74, 6) is 1.17. The second-order valence-electron chi connectivity index (χ2n) is 6.49. The van der Waals surface area contributed by atoms with Crippen molar-refractivity contribution in [2.45, 2.75) is 50.8 Å². The van der Waals surface area contributed by atoms with Gasteiger partial charge in [0, 0.05) is 40.3 Å². The number of hydrogen-bond donors (Lipinski definition) is 1. The van der Waals surface area contributed by atoms with Crippen LogP contribution in [0.15, 0.2) is 18.2 Å². The molecule has 1 aliphatic heterocycles. The van der Waals surface area contributed by atoms with Crippen molar-refractivity contribution in [2.24, 2.45) is 5.73 Å². The van der Waals surface area contributed by atoms with Crippen LogP contribution in [0.1, 0.15) is 39.2 Å². The zero-order chi connectivity index (χ0) is 15.5. The molecule has 2 rings (SSSR count). The Kier molecular flexibility index (Phi) is 5.87. The van der Waals surface area contributed by atoms with Crippen molar-refractivity contribution in [2.75, 3.05) is 23.7 Å². The van der Waals surface area contributed by atoms with Crippen LogP contribution in [-0.4, -0.2) is 29.6 Å². The Bertz CT molecular complexity index is 476. The third-order valence-corrected chi connectivity index (χ3v) is 5.97. The van der Waals surface area contributed by atoms with E-state index in [1.807, 2.05) is 0 Å². The number of hydrogen-bond acceptors (Lipinski definition) is 3. The molecular weight excluding hydrogens is 300 g/mol. The lowest BCUT2D eigenvalue weighted by Crippen LogP contribution is -2.27. The molecule has 0 radical (unpaired) electrons. The highest BCUT2D eigenvalue weighted by molar-refractivity contribution is 8.00. The molecule has 118 valence electrons. The van der Waals surface area contributed by atoms with Gasteiger partial charge in [-0.15, -0.1) is 0 Å². The summed E-state index contributed by atoms with van der Waals surface area (Å²) in [6.45, 7) is 8.98. The van der Waals surface area contributed by atoms with Crippen LogP contribution in [0, 0.1) is 0 Å². The molecule has 0 saturated carbocycles. The Morgan fingerprint density at radius 2 is 2.14 bits per heavy atom. The van der Waals surface area contributed by atoms with Crippen LogP contribution in [0.25, 0.3) is 0 Å². The molecule has 1 aromatic carbocycles. The van der Waals surface area contributed by atoms with Crippen molar-refractivity contribution in [1.82, 2.24) is 0 Å². The molecule has 1 fully saturated rings. The Labute approximate surface area is 138 Å². The Morgan fingerprint density at radius 1 is 1.38 bits per heavy atom. The number of rotatable bonds is 4. The molecule has 0 bridgehead atoms. The van der Waals surface area contributed by atoms with Crippen molar-refractivity contribution in [3.05, 3.63) is 28.8 Å². The van der Waals surface area contributed by atoms with Crippen molar-refractivity contribution < 1.29 is 0 Å². The van der Waals surface area contributed by atoms with Crippen molar-refractivity contribution in [3.8, 4) is 0 Å². The molecule has 0 amide bonds. The third kappa shape index (κ3) is 4.80. The molecule has 1 saturated heterocycles. The van der Waals surface area contributed by atoms with Crippen LogP contribution in [0.5, 0.6) is 0 Å². The normalized spacial score (nSPS) is 20.1. The van der Waals surface area contributed by atoms with Gasteiger partial charge in [-0.25, -0.2) is 0 Å². The van der Waals surface area contributed by atoms with Crippen molar-refractivity contribution in [3.63, 3.8) is 0 Å². The number of halogens is 1. The molecule has 4 heteroatoms. The summed E-state index contributed by atoms with van der Waals surface area (Å²) in [5, 5.41) is 0.854. The molecule has 1 aromatic rings. The maximum Gasteiger partial charge on any atom is 0.0459 e. The largest absolute Gasteiger partial charge is 0.371 e. The fraction of sp³-hybridized carbons (Fsp3) is 0.647. The highest BCUT2D eigenvalue weighted by atomic mass is 35.5. The summed E-state index contributed by atoms with van der Waals surface area (Å²) >= 11 is 8.53. The fourth-order valence-electron chi connectivity index (χ4n) is 2.60. The molecule has 2 nitrogen and oxygen atoms in total. The molecule has 1 unspecified atom stereocenters. The molecule has 0 spiro atoms. The summed E-state index contributed by atoms with van der Waals surface area (Å²) in [6.07, 6.45) is 3.05. The van der Waals surface area contributed by atoms with E-state index in [9.17, 15) is 0 Å². The molecule has 1 aliphatic rings. The van der Waals surface area contributed by atoms with E-state index in [1.54, 1.807) is 0 Å². The predicted molar refractivity (Wildman–Crippen MR) is 96.8 cm³/mol. The van der Waals surface area contributed by atoms with E-state index in [-0.39, 0.29) is 6.04 Å². The van der Waals surface area contributed by atoms with E-state index < -0.39 is 0 Å². The van der Waals surface area contributed by atoms with Gasteiger partial charge in [0.05, 0.1) is 0 Å². The summed E-state index contributed by atoms with van der Waals surface area (Å²) in [6, 6.07) is 6.66. The first-order valence-corrected chi connectivity index (χ1v) is 9.20. The summed E-state index contributed by atoms with van der Waals surface area (Å²) in [5.41, 5.74) is 8.44. The maximum atomic E-state index is 6.46. The average molecular weight is 327 g/mol. The zero-order valence-corrected chi connectivity index (χ0v) is 14.9. The van der Waals surface area contributed by atoms with E-state index in [2.05, 4.69) is 55.6 Å². The van der Waals surface area contributed by atoms with Gasteiger partial charge in [0.2, 0.25) is 0 Å². The van der Waals surface area contributed by atoms with Gasteiger partial charge in [0.15, 0.2) is 0 Å². The van der Waals surface area contributed by atoms with Crippen LogP contribution >= 0.6 is 23.4 Å². The molecule has 1 heterocycles. The minimum Gasteiger partial charge on any atom is -0.371 e. The van der Waals surface area contributed by atoms with Gasteiger partial charge in [-0.05, 0) is 37.0 Å². The lowest BCUT2D eigenvalue weighted by atomic mass is 10.0. The van der Waals surface area contributed by atoms with Gasteiger partial charge in [-0.3, -0.25) is 0 Å². The lowest BCUT2D eigenvalue weighted by Gasteiger charge is -2.25. The van der Waals surface area contributed by atoms with Crippen LogP contribution in [0.4, 0.5) is 5.69 Å². The van der Waals surface area contributed by atoms with Gasteiger partial charge in [0.1, 0.15) is 0 Å². The quantitative estimate of drug-likeness (QED) is 0.892. The van der Waals surface area contributed by atoms with Crippen LogP contribution in [0.3, 0.4) is 0 Å². The average Bonchev–Trinajstić information content (AvgIpc) is 2.62. The van der Waals surface area contributed by atoms with Gasteiger partial charge < -0.3 is 10.6 Å². The first kappa shape index (κ1) is 17.0. The van der Waals surface area contributed by atoms with E-state index in [4.69, 9.17) is 17.3 Å². The highest BCUT2D eigenvalue weighted by Gasteiger charge is 2.24. The van der Waals surface area contributed by atoms with Crippen LogP contribution < -0.4 is 10.6 Å². The zero-order valence-electron chi connectivity index (χ0n) is 13.4. The fourth-order valence-corrected chi connectivity index (χ4v) is 3.96. The Balaban J connectivity index is 2.09. The second kappa shape index (κ2) is 7.26. The molecule has 2 N–H and O–H groups in total. The standard InChI is InChI=1S/C17H27ClN2S/c1-4-14(19)11-13-5-6-15(12-16(13)18)20-8-7-17(2,3)21-10-9-20/h5-6,12,14H,4,7-11,19H2,1-3H3. The number of anilines is 1. The predicted octanol–water partition coefficient (Wildman–Crippen LogP) is 4.34. The monoisotopic (exact) mass is 326 g/mol. The number of thioether (sulfide) groups is 1. The number of nitrogens with two attached hydrogens (primary N) is 1. The Hall–Kier alpha value is -0.380. The minimum absolute atomic E-state index is 0.198. The first-order chi connectivity index (χ1) is 9.91. The lowest BCUT2D eigenvalue weighted by molar-refractivity contribution is 0.637. The van der Waals surface area contributed by atoms with E-state index >= 15 is 0 Å². The van der Waals surface area contributed by atoms with Crippen LogP contribution in [0.2, 0.25) is 5.02 Å². The molecule has 0 aliphatic carbocycles. The molecular formula is C17H27ClN2S. The number of benzene rings is 1. The van der Waals surface area contributed by atoms with E-state index in [0.717, 1.165) is 31.0 Å². The summed E-state index contributed by atoms with van der Waals surface area (Å²) < 4.78 is 0.381.